The van der Waals surface area contributed by atoms with E-state index in [4.69, 9.17) is 0 Å². The minimum Gasteiger partial charge on any atom is -0.314 e. The first-order chi connectivity index (χ1) is 5.31. The van der Waals surface area contributed by atoms with Gasteiger partial charge in [0.2, 0.25) is 0 Å². The van der Waals surface area contributed by atoms with E-state index in [0.29, 0.717) is 0 Å². The molecule has 1 rings (SSSR count). The Kier molecular flexibility index (Phi) is 2.35. The fourth-order valence-corrected chi connectivity index (χ4v) is 2.30. The molecule has 0 radical (unpaired) electrons. The van der Waals surface area contributed by atoms with Gasteiger partial charge in [0.05, 0.1) is 5.25 Å². The van der Waals surface area contributed by atoms with Crippen molar-refractivity contribution in [1.82, 2.24) is 5.32 Å². The molecule has 1 aliphatic rings. The van der Waals surface area contributed by atoms with E-state index in [1.165, 1.54) is 0 Å². The molecule has 12 heavy (non-hydrogen) atoms. The number of halogens is 3. The Morgan fingerprint density at radius 3 is 2.08 bits per heavy atom. The number of hydrogen-bond donors (Lipinski definition) is 1. The molecule has 1 fully saturated rings. The molecule has 1 aliphatic heterocycles. The lowest BCUT2D eigenvalue weighted by atomic mass is 10.3. The highest BCUT2D eigenvalue weighted by molar-refractivity contribution is 7.92. The quantitative estimate of drug-likeness (QED) is 0.683. The van der Waals surface area contributed by atoms with E-state index in [9.17, 15) is 21.6 Å². The van der Waals surface area contributed by atoms with E-state index in [-0.39, 0.29) is 13.1 Å². The van der Waals surface area contributed by atoms with Gasteiger partial charge in [-0.25, -0.2) is 8.42 Å². The predicted molar refractivity (Wildman–Crippen MR) is 36.5 cm³/mol. The predicted octanol–water partition coefficient (Wildman–Crippen LogP) is -0.0647. The Morgan fingerprint density at radius 2 is 1.83 bits per heavy atom. The Morgan fingerprint density at radius 1 is 1.33 bits per heavy atom. The molecule has 1 heterocycles. The highest BCUT2D eigenvalue weighted by Gasteiger charge is 2.41. The first kappa shape index (κ1) is 9.79. The van der Waals surface area contributed by atoms with Crippen molar-refractivity contribution in [2.45, 2.75) is 11.4 Å². The summed E-state index contributed by atoms with van der Waals surface area (Å²) in [7, 11) is -3.97. The Labute approximate surface area is 67.9 Å². The van der Waals surface area contributed by atoms with Gasteiger partial charge in [-0.3, -0.25) is 0 Å². The molecule has 0 atom stereocenters. The van der Waals surface area contributed by atoms with Crippen molar-refractivity contribution in [2.75, 3.05) is 18.8 Å². The topological polar surface area (TPSA) is 46.2 Å². The molecule has 0 spiro atoms. The average molecular weight is 203 g/mol. The normalized spacial score (nSPS) is 20.6. The summed E-state index contributed by atoms with van der Waals surface area (Å²) in [6.07, 6.45) is -4.62. The fourth-order valence-electron chi connectivity index (χ4n) is 0.862. The van der Waals surface area contributed by atoms with Gasteiger partial charge < -0.3 is 5.32 Å². The largest absolute Gasteiger partial charge is 0.402 e. The van der Waals surface area contributed by atoms with Crippen LogP contribution in [0.15, 0.2) is 0 Å². The molecule has 1 N–H and O–H groups in total. The summed E-state index contributed by atoms with van der Waals surface area (Å²) in [5, 5.41) is 1.76. The summed E-state index contributed by atoms with van der Waals surface area (Å²) in [5.41, 5.74) is 0. The highest BCUT2D eigenvalue weighted by Crippen LogP contribution is 2.20. The van der Waals surface area contributed by atoms with Gasteiger partial charge in [-0.05, 0) is 0 Å². The van der Waals surface area contributed by atoms with E-state index in [1.54, 1.807) is 0 Å². The third kappa shape index (κ3) is 2.34. The minimum atomic E-state index is -4.62. The molecule has 0 amide bonds. The van der Waals surface area contributed by atoms with E-state index in [0.717, 1.165) is 0 Å². The number of nitrogens with one attached hydrogen (secondary N) is 1. The Hall–Kier alpha value is -0.300. The summed E-state index contributed by atoms with van der Waals surface area (Å²) >= 11 is 0. The molecule has 0 aromatic carbocycles. The highest BCUT2D eigenvalue weighted by atomic mass is 32.2. The van der Waals surface area contributed by atoms with Crippen molar-refractivity contribution in [1.29, 1.82) is 0 Å². The zero-order valence-corrected chi connectivity index (χ0v) is 6.87. The summed E-state index contributed by atoms with van der Waals surface area (Å²) in [6.45, 7) is 0.275. The van der Waals surface area contributed by atoms with Crippen LogP contribution in [0.2, 0.25) is 0 Å². The van der Waals surface area contributed by atoms with Crippen molar-refractivity contribution < 1.29 is 21.6 Å². The van der Waals surface area contributed by atoms with E-state index in [2.05, 4.69) is 5.32 Å². The second-order valence-corrected chi connectivity index (χ2v) is 4.98. The SMILES string of the molecule is O=S(=O)(CC(F)(F)F)C1CNC1. The third-order valence-electron chi connectivity index (χ3n) is 1.62. The van der Waals surface area contributed by atoms with Crippen LogP contribution in [-0.2, 0) is 9.84 Å². The van der Waals surface area contributed by atoms with Crippen LogP contribution in [0.5, 0.6) is 0 Å². The molecule has 7 heteroatoms. The van der Waals surface area contributed by atoms with Crippen LogP contribution in [0.25, 0.3) is 0 Å². The molecule has 1 saturated heterocycles. The minimum absolute atomic E-state index is 0.137. The lowest BCUT2D eigenvalue weighted by molar-refractivity contribution is -0.106. The molecule has 0 saturated carbocycles. The molecule has 0 unspecified atom stereocenters. The van der Waals surface area contributed by atoms with Crippen LogP contribution < -0.4 is 5.32 Å². The molecule has 0 aliphatic carbocycles. The van der Waals surface area contributed by atoms with Crippen LogP contribution in [0, 0.1) is 0 Å². The lowest BCUT2D eigenvalue weighted by Gasteiger charge is -2.26. The maximum atomic E-state index is 11.7. The maximum Gasteiger partial charge on any atom is 0.402 e. The first-order valence-electron chi connectivity index (χ1n) is 3.30. The number of sulfone groups is 1. The van der Waals surface area contributed by atoms with Crippen molar-refractivity contribution >= 4 is 9.84 Å². The molecule has 0 aromatic rings. The molecular weight excluding hydrogens is 195 g/mol. The zero-order chi connectivity index (χ0) is 9.41. The van der Waals surface area contributed by atoms with Crippen molar-refractivity contribution in [3.63, 3.8) is 0 Å². The van der Waals surface area contributed by atoms with Gasteiger partial charge in [0, 0.05) is 13.1 Å². The summed E-state index contributed by atoms with van der Waals surface area (Å²) in [5.74, 6) is -1.70. The smallest absolute Gasteiger partial charge is 0.314 e. The molecule has 0 bridgehead atoms. The summed E-state index contributed by atoms with van der Waals surface area (Å²) in [4.78, 5) is 0. The Bertz CT molecular complexity index is 254. The van der Waals surface area contributed by atoms with Crippen molar-refractivity contribution in [3.8, 4) is 0 Å². The van der Waals surface area contributed by atoms with Gasteiger partial charge in [-0.2, -0.15) is 13.2 Å². The van der Waals surface area contributed by atoms with Crippen molar-refractivity contribution in [2.24, 2.45) is 0 Å². The van der Waals surface area contributed by atoms with Gasteiger partial charge in [-0.15, -0.1) is 0 Å². The van der Waals surface area contributed by atoms with Crippen LogP contribution in [0.3, 0.4) is 0 Å². The van der Waals surface area contributed by atoms with Gasteiger partial charge in [-0.1, -0.05) is 0 Å². The number of hydrogen-bond acceptors (Lipinski definition) is 3. The monoisotopic (exact) mass is 203 g/mol. The Balaban J connectivity index is 2.60. The second kappa shape index (κ2) is 2.88. The van der Waals surface area contributed by atoms with Crippen LogP contribution in [0.1, 0.15) is 0 Å². The van der Waals surface area contributed by atoms with Crippen LogP contribution in [0.4, 0.5) is 13.2 Å². The summed E-state index contributed by atoms with van der Waals surface area (Å²) in [6, 6.07) is 0. The van der Waals surface area contributed by atoms with Gasteiger partial charge >= 0.3 is 6.18 Å². The van der Waals surface area contributed by atoms with E-state index >= 15 is 0 Å². The summed E-state index contributed by atoms with van der Waals surface area (Å²) < 4.78 is 56.8. The molecule has 72 valence electrons. The molecule has 0 aromatic heterocycles. The van der Waals surface area contributed by atoms with Gasteiger partial charge in [0.15, 0.2) is 9.84 Å². The number of alkyl halides is 3. The van der Waals surface area contributed by atoms with Crippen LogP contribution >= 0.6 is 0 Å². The van der Waals surface area contributed by atoms with Crippen LogP contribution in [-0.4, -0.2) is 38.7 Å². The standard InChI is InChI=1S/C5H8F3NO2S/c6-5(7,8)3-12(10,11)4-1-9-2-4/h4,9H,1-3H2. The van der Waals surface area contributed by atoms with E-state index in [1.807, 2.05) is 0 Å². The lowest BCUT2D eigenvalue weighted by Crippen LogP contribution is -2.53. The van der Waals surface area contributed by atoms with Gasteiger partial charge in [0.25, 0.3) is 0 Å². The van der Waals surface area contributed by atoms with Gasteiger partial charge in [0.1, 0.15) is 5.75 Å². The third-order valence-corrected chi connectivity index (χ3v) is 3.70. The molecular formula is C5H8F3NO2S. The van der Waals surface area contributed by atoms with E-state index < -0.39 is 27.0 Å². The fraction of sp³-hybridized carbons (Fsp3) is 1.00. The zero-order valence-electron chi connectivity index (χ0n) is 6.06. The number of rotatable bonds is 2. The first-order valence-corrected chi connectivity index (χ1v) is 5.02. The van der Waals surface area contributed by atoms with Crippen molar-refractivity contribution in [3.05, 3.63) is 0 Å². The average Bonchev–Trinajstić information content (AvgIpc) is 1.45. The maximum absolute atomic E-state index is 11.7. The molecule has 3 nitrogen and oxygen atoms in total. The second-order valence-electron chi connectivity index (χ2n) is 2.70.